The predicted molar refractivity (Wildman–Crippen MR) is 107 cm³/mol. The smallest absolute Gasteiger partial charge is 0.238 e. The first-order valence-electron chi connectivity index (χ1n) is 8.54. The monoisotopic (exact) mass is 414 g/mol. The fourth-order valence-electron chi connectivity index (χ4n) is 3.01. The molecule has 1 atom stereocenters. The molecule has 1 fully saturated rings. The van der Waals surface area contributed by atoms with E-state index < -0.39 is 0 Å². The van der Waals surface area contributed by atoms with Crippen LogP contribution in [0, 0.1) is 0 Å². The van der Waals surface area contributed by atoms with E-state index in [9.17, 15) is 0 Å². The normalized spacial score (nSPS) is 16.6. The van der Waals surface area contributed by atoms with Crippen LogP contribution in [-0.2, 0) is 0 Å². The van der Waals surface area contributed by atoms with Crippen LogP contribution in [0.15, 0.2) is 24.4 Å². The summed E-state index contributed by atoms with van der Waals surface area (Å²) in [5.74, 6) is 0.985. The van der Waals surface area contributed by atoms with E-state index in [1.165, 1.54) is 0 Å². The molecule has 0 bridgehead atoms. The zero-order chi connectivity index (χ0) is 18.7. The lowest BCUT2D eigenvalue weighted by molar-refractivity contribution is 0.217. The summed E-state index contributed by atoms with van der Waals surface area (Å²) in [5.41, 5.74) is 0.821. The molecule has 2 aromatic rings. The number of benzene rings is 1. The van der Waals surface area contributed by atoms with Crippen LogP contribution in [0.4, 0.5) is 5.95 Å². The molecule has 3 rings (SSSR count). The third-order valence-corrected chi connectivity index (χ3v) is 5.40. The third-order valence-electron chi connectivity index (χ3n) is 4.57. The van der Waals surface area contributed by atoms with Crippen molar-refractivity contribution in [3.63, 3.8) is 0 Å². The molecule has 2 heterocycles. The Morgan fingerprint density at radius 1 is 1.19 bits per heavy atom. The number of hydrogen-bond donors (Lipinski definition) is 1. The van der Waals surface area contributed by atoms with Crippen molar-refractivity contribution in [3.8, 4) is 5.88 Å². The van der Waals surface area contributed by atoms with Crippen LogP contribution in [0.3, 0.4) is 0 Å². The van der Waals surface area contributed by atoms with Gasteiger partial charge in [-0.1, -0.05) is 40.9 Å². The van der Waals surface area contributed by atoms with E-state index in [1.807, 2.05) is 20.0 Å². The molecule has 1 N–H and O–H groups in total. The third kappa shape index (κ3) is 4.52. The van der Waals surface area contributed by atoms with E-state index in [4.69, 9.17) is 39.5 Å². The second-order valence-electron chi connectivity index (χ2n) is 6.30. The standard InChI is InChI=1S/C18H21Cl3N4O/c1-11(14-4-3-12(19)9-15(14)20)26-17-16(21)10-23-18(24-17)25-7-5-13(22-2)6-8-25/h3-4,9-11,13,22H,5-8H2,1-2H3. The van der Waals surface area contributed by atoms with Crippen molar-refractivity contribution in [1.82, 2.24) is 15.3 Å². The first-order chi connectivity index (χ1) is 12.5. The van der Waals surface area contributed by atoms with Crippen molar-refractivity contribution >= 4 is 40.8 Å². The minimum Gasteiger partial charge on any atom is -0.469 e. The maximum Gasteiger partial charge on any atom is 0.238 e. The van der Waals surface area contributed by atoms with Crippen molar-refractivity contribution in [3.05, 3.63) is 45.0 Å². The van der Waals surface area contributed by atoms with Gasteiger partial charge in [-0.25, -0.2) is 4.98 Å². The summed E-state index contributed by atoms with van der Waals surface area (Å²) in [7, 11) is 1.99. The zero-order valence-electron chi connectivity index (χ0n) is 14.7. The summed E-state index contributed by atoms with van der Waals surface area (Å²) in [6, 6.07) is 5.86. The fraction of sp³-hybridized carbons (Fsp3) is 0.444. The van der Waals surface area contributed by atoms with Gasteiger partial charge in [0.1, 0.15) is 11.1 Å². The molecule has 0 radical (unpaired) electrons. The van der Waals surface area contributed by atoms with Gasteiger partial charge in [0.05, 0.1) is 6.20 Å². The fourth-order valence-corrected chi connectivity index (χ4v) is 3.71. The molecule has 1 aliphatic heterocycles. The maximum atomic E-state index is 6.27. The van der Waals surface area contributed by atoms with Gasteiger partial charge < -0.3 is 15.0 Å². The molecule has 140 valence electrons. The molecule has 8 heteroatoms. The van der Waals surface area contributed by atoms with Gasteiger partial charge in [0.2, 0.25) is 11.8 Å². The lowest BCUT2D eigenvalue weighted by Gasteiger charge is -2.32. The van der Waals surface area contributed by atoms with Gasteiger partial charge >= 0.3 is 0 Å². The van der Waals surface area contributed by atoms with Crippen LogP contribution in [-0.4, -0.2) is 36.1 Å². The van der Waals surface area contributed by atoms with Crippen molar-refractivity contribution in [2.75, 3.05) is 25.0 Å². The van der Waals surface area contributed by atoms with E-state index >= 15 is 0 Å². The van der Waals surface area contributed by atoms with Crippen LogP contribution in [0.1, 0.15) is 31.4 Å². The molecule has 26 heavy (non-hydrogen) atoms. The molecule has 1 saturated heterocycles. The number of nitrogens with zero attached hydrogens (tertiary/aromatic N) is 3. The summed E-state index contributed by atoms with van der Waals surface area (Å²) >= 11 is 18.5. The maximum absolute atomic E-state index is 6.27. The lowest BCUT2D eigenvalue weighted by atomic mass is 10.1. The summed E-state index contributed by atoms with van der Waals surface area (Å²) in [4.78, 5) is 11.0. The zero-order valence-corrected chi connectivity index (χ0v) is 16.9. The molecule has 5 nitrogen and oxygen atoms in total. The van der Waals surface area contributed by atoms with Gasteiger partial charge in [-0.3, -0.25) is 0 Å². The topological polar surface area (TPSA) is 50.3 Å². The SMILES string of the molecule is CNC1CCN(c2ncc(Cl)c(OC(C)c3ccc(Cl)cc3Cl)n2)CC1. The van der Waals surface area contributed by atoms with Gasteiger partial charge in [-0.15, -0.1) is 0 Å². The second kappa shape index (κ2) is 8.61. The Bertz CT molecular complexity index is 766. The summed E-state index contributed by atoms with van der Waals surface area (Å²) in [6.07, 6.45) is 3.36. The summed E-state index contributed by atoms with van der Waals surface area (Å²) in [6.45, 7) is 3.68. The van der Waals surface area contributed by atoms with Crippen LogP contribution in [0.2, 0.25) is 15.1 Å². The predicted octanol–water partition coefficient (Wildman–Crippen LogP) is 4.77. The highest BCUT2D eigenvalue weighted by Gasteiger charge is 2.22. The quantitative estimate of drug-likeness (QED) is 0.762. The first-order valence-corrected chi connectivity index (χ1v) is 9.67. The number of nitrogens with one attached hydrogen (secondary N) is 1. The lowest BCUT2D eigenvalue weighted by Crippen LogP contribution is -2.41. The number of hydrogen-bond acceptors (Lipinski definition) is 5. The van der Waals surface area contributed by atoms with E-state index in [0.717, 1.165) is 31.5 Å². The van der Waals surface area contributed by atoms with Crippen molar-refractivity contribution < 1.29 is 4.74 Å². The van der Waals surface area contributed by atoms with E-state index in [1.54, 1.807) is 18.3 Å². The Hall–Kier alpha value is -1.27. The van der Waals surface area contributed by atoms with Gasteiger partial charge in [0.15, 0.2) is 0 Å². The summed E-state index contributed by atoms with van der Waals surface area (Å²) in [5, 5.41) is 4.81. The van der Waals surface area contributed by atoms with Crippen molar-refractivity contribution in [1.29, 1.82) is 0 Å². The number of rotatable bonds is 5. The summed E-state index contributed by atoms with van der Waals surface area (Å²) < 4.78 is 5.98. The Kier molecular flexibility index (Phi) is 6.46. The van der Waals surface area contributed by atoms with Crippen molar-refractivity contribution in [2.45, 2.75) is 31.9 Å². The highest BCUT2D eigenvalue weighted by Crippen LogP contribution is 2.32. The number of aromatic nitrogens is 2. The average Bonchev–Trinajstić information content (AvgIpc) is 2.63. The van der Waals surface area contributed by atoms with Gasteiger partial charge in [-0.05, 0) is 38.9 Å². The van der Waals surface area contributed by atoms with Gasteiger partial charge in [0.25, 0.3) is 0 Å². The highest BCUT2D eigenvalue weighted by molar-refractivity contribution is 6.35. The largest absolute Gasteiger partial charge is 0.469 e. The minimum atomic E-state index is -0.324. The molecule has 1 aliphatic rings. The number of ether oxygens (including phenoxy) is 1. The number of piperidine rings is 1. The van der Waals surface area contributed by atoms with Crippen LogP contribution in [0.5, 0.6) is 5.88 Å². The molecular formula is C18H21Cl3N4O. The first kappa shape index (κ1) is 19.5. The molecular weight excluding hydrogens is 395 g/mol. The van der Waals surface area contributed by atoms with Crippen LogP contribution in [0.25, 0.3) is 0 Å². The molecule has 0 aliphatic carbocycles. The van der Waals surface area contributed by atoms with E-state index in [2.05, 4.69) is 20.2 Å². The molecule has 1 aromatic carbocycles. The molecule has 0 amide bonds. The Labute approximate surface area is 168 Å². The van der Waals surface area contributed by atoms with Gasteiger partial charge in [-0.2, -0.15) is 4.98 Å². The van der Waals surface area contributed by atoms with E-state index in [0.29, 0.717) is 32.9 Å². The van der Waals surface area contributed by atoms with Crippen LogP contribution < -0.4 is 15.0 Å². The number of halogens is 3. The number of anilines is 1. The molecule has 0 saturated carbocycles. The molecule has 1 aromatic heterocycles. The Balaban J connectivity index is 1.75. The Morgan fingerprint density at radius 3 is 2.58 bits per heavy atom. The average molecular weight is 416 g/mol. The Morgan fingerprint density at radius 2 is 1.92 bits per heavy atom. The molecule has 1 unspecified atom stereocenters. The molecule has 0 spiro atoms. The van der Waals surface area contributed by atoms with Crippen molar-refractivity contribution in [2.24, 2.45) is 0 Å². The van der Waals surface area contributed by atoms with E-state index in [-0.39, 0.29) is 6.10 Å². The van der Waals surface area contributed by atoms with Gasteiger partial charge in [0, 0.05) is 34.7 Å². The highest BCUT2D eigenvalue weighted by atomic mass is 35.5. The van der Waals surface area contributed by atoms with Crippen LogP contribution >= 0.6 is 34.8 Å². The second-order valence-corrected chi connectivity index (χ2v) is 7.55. The minimum absolute atomic E-state index is 0.324.